The average Bonchev–Trinajstić information content (AvgIpc) is 3.21. The van der Waals surface area contributed by atoms with E-state index < -0.39 is 0 Å². The van der Waals surface area contributed by atoms with Crippen molar-refractivity contribution in [1.29, 1.82) is 0 Å². The molecule has 2 fully saturated rings. The number of aldehydes is 1. The van der Waals surface area contributed by atoms with Crippen molar-refractivity contribution in [2.45, 2.75) is 168 Å². The largest absolute Gasteiger partial charge is 0.303 e. The van der Waals surface area contributed by atoms with Crippen LogP contribution < -0.4 is 24.4 Å². The molecule has 0 N–H and O–H groups in total. The fraction of sp³-hybridized carbons (Fsp3) is 0.659. The van der Waals surface area contributed by atoms with Crippen LogP contribution in [0, 0.1) is 53.4 Å². The first-order chi connectivity index (χ1) is 25.7. The van der Waals surface area contributed by atoms with Crippen LogP contribution in [-0.2, 0) is 18.9 Å². The number of carbonyl (C=O) groups excluding carboxylic acids is 3. The zero-order chi connectivity index (χ0) is 43.1. The summed E-state index contributed by atoms with van der Waals surface area (Å²) in [6.07, 6.45) is 17.0. The van der Waals surface area contributed by atoms with Gasteiger partial charge in [0, 0.05) is 31.4 Å². The number of allylic oxidation sites excluding steroid dienone is 2. The van der Waals surface area contributed by atoms with Crippen LogP contribution in [0.1, 0.15) is 181 Å². The van der Waals surface area contributed by atoms with Gasteiger partial charge in [-0.25, -0.2) is 0 Å². The van der Waals surface area contributed by atoms with Crippen LogP contribution in [0.4, 0.5) is 0 Å². The number of hydrogen-bond donors (Lipinski definition) is 0. The zero-order valence-corrected chi connectivity index (χ0v) is 43.5. The number of aromatic nitrogens is 2. The van der Waals surface area contributed by atoms with Gasteiger partial charge in [-0.1, -0.05) is 100.0 Å². The van der Waals surface area contributed by atoms with Gasteiger partial charge in [0.2, 0.25) is 0 Å². The van der Waals surface area contributed by atoms with E-state index in [2.05, 4.69) is 37.2 Å². The third kappa shape index (κ3) is 20.8. The van der Waals surface area contributed by atoms with E-state index in [0.717, 1.165) is 65.6 Å². The van der Waals surface area contributed by atoms with Gasteiger partial charge in [0.15, 0.2) is 11.6 Å². The van der Waals surface area contributed by atoms with E-state index in [0.29, 0.717) is 36.2 Å². The quantitative estimate of drug-likeness (QED) is 0.129. The van der Waals surface area contributed by atoms with E-state index in [4.69, 9.17) is 0 Å². The molecule has 2 aliphatic rings. The van der Waals surface area contributed by atoms with Gasteiger partial charge in [-0.2, -0.15) is 0 Å². The predicted octanol–water partition coefficient (Wildman–Crippen LogP) is 9.79. The number of rotatable bonds is 5. The van der Waals surface area contributed by atoms with Crippen molar-refractivity contribution in [3.8, 4) is 0 Å². The molecule has 2 aromatic heterocycles. The summed E-state index contributed by atoms with van der Waals surface area (Å²) < 4.78 is 3.10. The van der Waals surface area contributed by atoms with Crippen LogP contribution in [-0.4, -0.2) is 27.0 Å². The molecule has 2 heterocycles. The van der Waals surface area contributed by atoms with Gasteiger partial charge in [-0.15, -0.1) is 0 Å². The molecule has 10 heteroatoms. The Morgan fingerprint density at radius 2 is 0.907 bits per heavy atom. The Hall–Kier alpha value is -1.16. The predicted molar refractivity (Wildman–Crippen MR) is 248 cm³/mol. The van der Waals surface area contributed by atoms with Crippen molar-refractivity contribution in [2.24, 2.45) is 25.9 Å². The fourth-order valence-corrected chi connectivity index (χ4v) is 5.99. The molecular formula is C44H76I3N2O5-. The Balaban J connectivity index is -0.000000327. The zero-order valence-electron chi connectivity index (χ0n) is 37.0. The first-order valence-corrected chi connectivity index (χ1v) is 32.6. The molecule has 0 aliphatic heterocycles. The monoisotopic (exact) mass is 1090 g/mol. The second-order valence-corrected chi connectivity index (χ2v) is 28.7. The number of carbonyl (C=O) groups is 3. The standard InChI is InChI=1S/C18H25NO2.C11H15NO2.C7H12O.4C2H6.I3/c1-12-13(2)17(18(21)19(4)14(12)3)16(20)11-10-15-8-6-5-7-9-15;1-6-7(2)10(9(4)13)11(14)12(5)8(6)3;8-6-7-4-2-1-3-5-7;4*1-2;1-3-2/h10-11,15H,5-9H2,1-4H3;1-5H3;6-7H,1-5H2;4*1-2H3;/q;;;;;;;-1/b11-10+;;;;;;;. The molecule has 0 saturated heterocycles. The summed E-state index contributed by atoms with van der Waals surface area (Å²) in [7, 11) is 3.42. The minimum atomic E-state index is -0.196. The molecular weight excluding hydrogens is 1020 g/mol. The molecule has 0 amide bonds. The number of pyridine rings is 2. The Morgan fingerprint density at radius 3 is 1.22 bits per heavy atom. The van der Waals surface area contributed by atoms with Gasteiger partial charge >= 0.3 is 50.5 Å². The second-order valence-electron chi connectivity index (χ2n) is 12.4. The van der Waals surface area contributed by atoms with Crippen molar-refractivity contribution in [3.05, 3.63) is 77.6 Å². The summed E-state index contributed by atoms with van der Waals surface area (Å²) in [5.74, 6) is 0.593. The molecule has 0 spiro atoms. The van der Waals surface area contributed by atoms with Crippen molar-refractivity contribution >= 4 is 55.1 Å². The number of halogens is 3. The third-order valence-electron chi connectivity index (χ3n) is 9.61. The van der Waals surface area contributed by atoms with E-state index in [-0.39, 0.29) is 22.7 Å². The van der Waals surface area contributed by atoms with Crippen LogP contribution in [0.3, 0.4) is 0 Å². The Morgan fingerprint density at radius 1 is 0.593 bits per heavy atom. The normalized spacial score (nSPS) is 13.4. The van der Waals surface area contributed by atoms with E-state index in [1.54, 1.807) is 24.7 Å². The number of ketones is 2. The topological polar surface area (TPSA) is 95.2 Å². The molecule has 7 nitrogen and oxygen atoms in total. The Bertz CT molecular complexity index is 1500. The first kappa shape index (κ1) is 59.5. The van der Waals surface area contributed by atoms with Crippen LogP contribution in [0.2, 0.25) is 0 Å². The molecule has 2 aromatic rings. The van der Waals surface area contributed by atoms with Gasteiger partial charge in [0.25, 0.3) is 11.1 Å². The average molecular weight is 1090 g/mol. The van der Waals surface area contributed by atoms with Crippen LogP contribution in [0.15, 0.2) is 21.7 Å². The molecule has 2 saturated carbocycles. The van der Waals surface area contributed by atoms with E-state index in [9.17, 15) is 24.0 Å². The Kier molecular flexibility index (Phi) is 39.9. The van der Waals surface area contributed by atoms with E-state index in [1.807, 2.05) is 103 Å². The first-order valence-electron chi connectivity index (χ1n) is 20.0. The van der Waals surface area contributed by atoms with Crippen LogP contribution in [0.25, 0.3) is 0 Å². The summed E-state index contributed by atoms with van der Waals surface area (Å²) >= 11 is 5.30. The minimum absolute atomic E-state index is 0.151. The maximum Gasteiger partial charge on any atom is 0.123 e. The summed E-state index contributed by atoms with van der Waals surface area (Å²) in [6.45, 7) is 28.8. The van der Waals surface area contributed by atoms with E-state index >= 15 is 0 Å². The molecule has 2 aliphatic carbocycles. The summed E-state index contributed by atoms with van der Waals surface area (Å²) in [6, 6.07) is 0. The summed E-state index contributed by atoms with van der Waals surface area (Å²) in [5.41, 5.74) is 5.74. The minimum Gasteiger partial charge on any atom is -0.303 e. The molecule has 4 rings (SSSR count). The molecule has 0 radical (unpaired) electrons. The smallest absolute Gasteiger partial charge is 0.123 e. The third-order valence-corrected chi connectivity index (χ3v) is 9.61. The van der Waals surface area contributed by atoms with Gasteiger partial charge < -0.3 is 13.9 Å². The maximum atomic E-state index is 12.4. The number of hydrogen-bond acceptors (Lipinski definition) is 5. The van der Waals surface area contributed by atoms with Gasteiger partial charge in [0.05, 0.1) is 11.1 Å². The maximum absolute atomic E-state index is 12.4. The van der Waals surface area contributed by atoms with Crippen molar-refractivity contribution in [2.75, 3.05) is 0 Å². The van der Waals surface area contributed by atoms with E-state index in [1.165, 1.54) is 50.0 Å². The second kappa shape index (κ2) is 36.2. The van der Waals surface area contributed by atoms with Crippen LogP contribution in [0.5, 0.6) is 0 Å². The SMILES string of the molecule is CC.CC.CC.CC.CC(=O)c1c(C)c(C)c(C)n(C)c1=O.Cc1c(C)c(C)n(C)c(=O)c1C(=O)/C=C/C1CCCCC1.I[I-]I.O=CC1CCCCC1. The van der Waals surface area contributed by atoms with Gasteiger partial charge in [0.1, 0.15) is 6.29 Å². The molecule has 0 unspecified atom stereocenters. The number of nitrogens with zero attached hydrogens (tertiary/aromatic N) is 2. The van der Waals surface area contributed by atoms with Crippen LogP contribution >= 0.6 is 37.2 Å². The van der Waals surface area contributed by atoms with Crippen molar-refractivity contribution in [3.63, 3.8) is 0 Å². The molecule has 0 bridgehead atoms. The van der Waals surface area contributed by atoms with Gasteiger partial charge in [-0.05, 0) is 108 Å². The molecule has 314 valence electrons. The van der Waals surface area contributed by atoms with Gasteiger partial charge in [-0.3, -0.25) is 19.2 Å². The number of Topliss-reactive ketones (excluding diaryl/α,β-unsaturated/α-hetero) is 1. The molecule has 0 aromatic carbocycles. The van der Waals surface area contributed by atoms with Crippen molar-refractivity contribution < 1.29 is 27.6 Å². The summed E-state index contributed by atoms with van der Waals surface area (Å²) in [5, 5.41) is 0. The molecule has 54 heavy (non-hydrogen) atoms. The Labute approximate surface area is 360 Å². The summed E-state index contributed by atoms with van der Waals surface area (Å²) in [4.78, 5) is 58.0. The fourth-order valence-electron chi connectivity index (χ4n) is 5.99. The molecule has 0 atom stereocenters. The van der Waals surface area contributed by atoms with Crippen molar-refractivity contribution in [1.82, 2.24) is 9.13 Å².